The number of methoxy groups -OCH3 is 1. The van der Waals surface area contributed by atoms with Gasteiger partial charge in [-0.3, -0.25) is 15.0 Å². The van der Waals surface area contributed by atoms with E-state index in [1.54, 1.807) is 0 Å². The van der Waals surface area contributed by atoms with Crippen LogP contribution in [0.1, 0.15) is 39.0 Å². The molecule has 1 atom stereocenters. The monoisotopic (exact) mass is 284 g/mol. The second-order valence-electron chi connectivity index (χ2n) is 6.15. The van der Waals surface area contributed by atoms with Gasteiger partial charge >= 0.3 is 5.97 Å². The maximum atomic E-state index is 12.0. The maximum Gasteiger partial charge on any atom is 0.325 e. The lowest BCUT2D eigenvalue weighted by atomic mass is 9.94. The molecular formula is C15H28N2O3. The Balaban J connectivity index is 1.69. The molecule has 0 spiro atoms. The lowest BCUT2D eigenvalue weighted by Gasteiger charge is -2.29. The summed E-state index contributed by atoms with van der Waals surface area (Å²) >= 11 is 0. The summed E-state index contributed by atoms with van der Waals surface area (Å²) in [5, 5.41) is 3.45. The highest BCUT2D eigenvalue weighted by atomic mass is 16.5. The van der Waals surface area contributed by atoms with Crippen LogP contribution in [0.2, 0.25) is 0 Å². The van der Waals surface area contributed by atoms with Crippen LogP contribution in [0.4, 0.5) is 0 Å². The van der Waals surface area contributed by atoms with E-state index in [1.807, 2.05) is 6.92 Å². The van der Waals surface area contributed by atoms with E-state index >= 15 is 0 Å². The summed E-state index contributed by atoms with van der Waals surface area (Å²) in [5.41, 5.74) is -0.513. The fraction of sp³-hybridized carbons (Fsp3) is 0.933. The molecule has 2 aliphatic rings. The zero-order valence-electron chi connectivity index (χ0n) is 12.8. The zero-order valence-corrected chi connectivity index (χ0v) is 12.8. The van der Waals surface area contributed by atoms with Crippen molar-refractivity contribution in [3.8, 4) is 0 Å². The standard InChI is InChI=1S/C15H28N2O3/c1-15(14(18)19-2,16-13-5-6-13)7-3-4-8-17-9-11-20-12-10-17/h13,16H,3-12H2,1-2H3. The Hall–Kier alpha value is -0.650. The van der Waals surface area contributed by atoms with Crippen LogP contribution < -0.4 is 5.32 Å². The van der Waals surface area contributed by atoms with E-state index in [2.05, 4.69) is 10.2 Å². The minimum Gasteiger partial charge on any atom is -0.468 e. The topological polar surface area (TPSA) is 50.8 Å². The quantitative estimate of drug-likeness (QED) is 0.536. The Bertz CT molecular complexity index is 314. The number of carbonyl (C=O) groups is 1. The van der Waals surface area contributed by atoms with Gasteiger partial charge in [-0.25, -0.2) is 0 Å². The first-order valence-electron chi connectivity index (χ1n) is 7.80. The molecule has 1 heterocycles. The molecule has 0 radical (unpaired) electrons. The van der Waals surface area contributed by atoms with Crippen molar-refractivity contribution in [3.63, 3.8) is 0 Å². The number of esters is 1. The molecule has 0 aromatic carbocycles. The molecule has 116 valence electrons. The van der Waals surface area contributed by atoms with Gasteiger partial charge in [0.15, 0.2) is 0 Å². The lowest BCUT2D eigenvalue weighted by molar-refractivity contribution is -0.148. The van der Waals surface area contributed by atoms with Gasteiger partial charge in [0, 0.05) is 19.1 Å². The molecule has 0 aromatic heterocycles. The molecule has 20 heavy (non-hydrogen) atoms. The Labute approximate surface area is 122 Å². The number of hydrogen-bond donors (Lipinski definition) is 1. The zero-order chi connectivity index (χ0) is 14.4. The largest absolute Gasteiger partial charge is 0.468 e. The molecule has 1 aliphatic carbocycles. The van der Waals surface area contributed by atoms with Gasteiger partial charge < -0.3 is 9.47 Å². The molecular weight excluding hydrogens is 256 g/mol. The smallest absolute Gasteiger partial charge is 0.325 e. The van der Waals surface area contributed by atoms with Crippen molar-refractivity contribution in [1.82, 2.24) is 10.2 Å². The van der Waals surface area contributed by atoms with Gasteiger partial charge in [0.1, 0.15) is 5.54 Å². The molecule has 0 amide bonds. The highest BCUT2D eigenvalue weighted by Gasteiger charge is 2.38. The van der Waals surface area contributed by atoms with Crippen molar-refractivity contribution in [2.45, 2.75) is 50.6 Å². The molecule has 1 saturated heterocycles. The van der Waals surface area contributed by atoms with E-state index in [0.29, 0.717) is 6.04 Å². The highest BCUT2D eigenvalue weighted by Crippen LogP contribution is 2.26. The highest BCUT2D eigenvalue weighted by molar-refractivity contribution is 5.80. The normalized spacial score (nSPS) is 23.3. The average Bonchev–Trinajstić information content (AvgIpc) is 3.27. The number of ether oxygens (including phenoxy) is 2. The molecule has 2 rings (SSSR count). The molecule has 1 aliphatic heterocycles. The second kappa shape index (κ2) is 7.38. The van der Waals surface area contributed by atoms with E-state index in [1.165, 1.54) is 20.0 Å². The first-order valence-corrected chi connectivity index (χ1v) is 7.80. The fourth-order valence-corrected chi connectivity index (χ4v) is 2.78. The van der Waals surface area contributed by atoms with Crippen molar-refractivity contribution >= 4 is 5.97 Å². The fourth-order valence-electron chi connectivity index (χ4n) is 2.78. The predicted octanol–water partition coefficient (Wildman–Crippen LogP) is 1.17. The number of nitrogens with one attached hydrogen (secondary N) is 1. The number of unbranched alkanes of at least 4 members (excludes halogenated alkanes) is 1. The number of hydrogen-bond acceptors (Lipinski definition) is 5. The van der Waals surface area contributed by atoms with E-state index < -0.39 is 5.54 Å². The van der Waals surface area contributed by atoms with Crippen LogP contribution in [-0.2, 0) is 14.3 Å². The predicted molar refractivity (Wildman–Crippen MR) is 77.7 cm³/mol. The SMILES string of the molecule is COC(=O)C(C)(CCCCN1CCOCC1)NC1CC1. The van der Waals surface area contributed by atoms with Crippen LogP contribution in [-0.4, -0.2) is 62.4 Å². The number of rotatable bonds is 8. The molecule has 5 nitrogen and oxygen atoms in total. The van der Waals surface area contributed by atoms with Gasteiger partial charge in [0.25, 0.3) is 0 Å². The molecule has 1 saturated carbocycles. The van der Waals surface area contributed by atoms with E-state index in [0.717, 1.165) is 52.1 Å². The van der Waals surface area contributed by atoms with Crippen molar-refractivity contribution in [2.75, 3.05) is 40.0 Å². The Morgan fingerprint density at radius 1 is 1.35 bits per heavy atom. The van der Waals surface area contributed by atoms with Crippen LogP contribution in [0.25, 0.3) is 0 Å². The Morgan fingerprint density at radius 3 is 2.65 bits per heavy atom. The van der Waals surface area contributed by atoms with Crippen LogP contribution >= 0.6 is 0 Å². The van der Waals surface area contributed by atoms with Gasteiger partial charge in [0.05, 0.1) is 20.3 Å². The van der Waals surface area contributed by atoms with Crippen molar-refractivity contribution in [2.24, 2.45) is 0 Å². The van der Waals surface area contributed by atoms with Gasteiger partial charge in [-0.2, -0.15) is 0 Å². The first kappa shape index (κ1) is 15.7. The summed E-state index contributed by atoms with van der Waals surface area (Å²) < 4.78 is 10.3. The van der Waals surface area contributed by atoms with Gasteiger partial charge in [0.2, 0.25) is 0 Å². The molecule has 5 heteroatoms. The van der Waals surface area contributed by atoms with E-state index in [-0.39, 0.29) is 5.97 Å². The molecule has 2 fully saturated rings. The lowest BCUT2D eigenvalue weighted by Crippen LogP contribution is -2.51. The number of nitrogens with zero attached hydrogens (tertiary/aromatic N) is 1. The minimum absolute atomic E-state index is 0.129. The molecule has 1 N–H and O–H groups in total. The van der Waals surface area contributed by atoms with Crippen molar-refractivity contribution in [3.05, 3.63) is 0 Å². The van der Waals surface area contributed by atoms with E-state index in [4.69, 9.17) is 9.47 Å². The summed E-state index contributed by atoms with van der Waals surface area (Å²) in [7, 11) is 1.48. The number of carbonyl (C=O) groups excluding carboxylic acids is 1. The molecule has 0 aromatic rings. The average molecular weight is 284 g/mol. The van der Waals surface area contributed by atoms with Crippen LogP contribution in [0.3, 0.4) is 0 Å². The summed E-state index contributed by atoms with van der Waals surface area (Å²) in [6.07, 6.45) is 5.38. The maximum absolute atomic E-state index is 12.0. The Morgan fingerprint density at radius 2 is 2.05 bits per heavy atom. The van der Waals surface area contributed by atoms with Crippen molar-refractivity contribution < 1.29 is 14.3 Å². The first-order chi connectivity index (χ1) is 9.64. The Kier molecular flexibility index (Phi) is 5.81. The summed E-state index contributed by atoms with van der Waals surface area (Å²) in [6, 6.07) is 0.512. The van der Waals surface area contributed by atoms with Gasteiger partial charge in [-0.15, -0.1) is 0 Å². The minimum atomic E-state index is -0.513. The third kappa shape index (κ3) is 4.72. The molecule has 0 bridgehead atoms. The summed E-state index contributed by atoms with van der Waals surface area (Å²) in [6.45, 7) is 6.85. The third-order valence-electron chi connectivity index (χ3n) is 4.24. The van der Waals surface area contributed by atoms with Crippen LogP contribution in [0, 0.1) is 0 Å². The van der Waals surface area contributed by atoms with Crippen LogP contribution in [0.15, 0.2) is 0 Å². The summed E-state index contributed by atoms with van der Waals surface area (Å²) in [5.74, 6) is -0.129. The van der Waals surface area contributed by atoms with Gasteiger partial charge in [-0.05, 0) is 45.6 Å². The molecule has 1 unspecified atom stereocenters. The van der Waals surface area contributed by atoms with Crippen molar-refractivity contribution in [1.29, 1.82) is 0 Å². The summed E-state index contributed by atoms with van der Waals surface area (Å²) in [4.78, 5) is 14.4. The van der Waals surface area contributed by atoms with Crippen LogP contribution in [0.5, 0.6) is 0 Å². The van der Waals surface area contributed by atoms with E-state index in [9.17, 15) is 4.79 Å². The van der Waals surface area contributed by atoms with Gasteiger partial charge in [-0.1, -0.05) is 0 Å². The second-order valence-corrected chi connectivity index (χ2v) is 6.15. The third-order valence-corrected chi connectivity index (χ3v) is 4.24. The number of morpholine rings is 1.